The molecule has 1 atom stereocenters. The first-order valence-electron chi connectivity index (χ1n) is 3.82. The average Bonchev–Trinajstić information content (AvgIpc) is 2.46. The lowest BCUT2D eigenvalue weighted by molar-refractivity contribution is -0.353. The molecular weight excluding hydrogens is 172 g/mol. The number of hydrogen-bond donors (Lipinski definition) is 0. The van der Waals surface area contributed by atoms with Crippen molar-refractivity contribution in [3.05, 3.63) is 35.4 Å². The number of ether oxygens (including phenoxy) is 1. The van der Waals surface area contributed by atoms with Crippen molar-refractivity contribution in [1.29, 1.82) is 0 Å². The van der Waals surface area contributed by atoms with Crippen LogP contribution in [0.5, 0.6) is 0 Å². The van der Waals surface area contributed by atoms with Crippen LogP contribution >= 0.6 is 0 Å². The number of esters is 1. The molecule has 0 radical (unpaired) electrons. The number of cyclic esters (lactones) is 1. The topological polar surface area (TPSA) is 44.8 Å². The van der Waals surface area contributed by atoms with Crippen LogP contribution in [0.2, 0.25) is 0 Å². The van der Waals surface area contributed by atoms with Gasteiger partial charge in [-0.15, -0.1) is 0 Å². The summed E-state index contributed by atoms with van der Waals surface area (Å²) < 4.78 is 4.89. The molecular formula is C9H8O4. The standard InChI is InChI=1S/C9H8O4/c1-11-13-9-7-5-3-2-4-6(7)8(10)12-9/h2-5,9H,1H3. The van der Waals surface area contributed by atoms with Crippen LogP contribution in [0.1, 0.15) is 22.2 Å². The van der Waals surface area contributed by atoms with E-state index in [9.17, 15) is 4.79 Å². The lowest BCUT2D eigenvalue weighted by Crippen LogP contribution is -2.02. The summed E-state index contributed by atoms with van der Waals surface area (Å²) in [6.07, 6.45) is -0.728. The van der Waals surface area contributed by atoms with E-state index in [1.807, 2.05) is 6.07 Å². The van der Waals surface area contributed by atoms with Crippen molar-refractivity contribution >= 4 is 5.97 Å². The third kappa shape index (κ3) is 1.30. The van der Waals surface area contributed by atoms with Gasteiger partial charge in [-0.1, -0.05) is 18.2 Å². The highest BCUT2D eigenvalue weighted by atomic mass is 17.2. The van der Waals surface area contributed by atoms with Gasteiger partial charge in [0.1, 0.15) is 0 Å². The molecule has 0 saturated heterocycles. The zero-order chi connectivity index (χ0) is 9.26. The van der Waals surface area contributed by atoms with Gasteiger partial charge in [-0.05, 0) is 6.07 Å². The molecule has 2 rings (SSSR count). The van der Waals surface area contributed by atoms with E-state index >= 15 is 0 Å². The van der Waals surface area contributed by atoms with Crippen molar-refractivity contribution in [2.75, 3.05) is 7.11 Å². The second kappa shape index (κ2) is 3.16. The van der Waals surface area contributed by atoms with E-state index in [-0.39, 0.29) is 5.97 Å². The summed E-state index contributed by atoms with van der Waals surface area (Å²) in [6, 6.07) is 7.04. The molecule has 0 fully saturated rings. The lowest BCUT2D eigenvalue weighted by Gasteiger charge is -2.07. The first kappa shape index (κ1) is 8.22. The minimum Gasteiger partial charge on any atom is -0.425 e. The smallest absolute Gasteiger partial charge is 0.341 e. The molecule has 0 bridgehead atoms. The number of carbonyl (C=O) groups is 1. The average molecular weight is 180 g/mol. The van der Waals surface area contributed by atoms with Crippen LogP contribution in [0, 0.1) is 0 Å². The van der Waals surface area contributed by atoms with Crippen molar-refractivity contribution in [2.24, 2.45) is 0 Å². The summed E-state index contributed by atoms with van der Waals surface area (Å²) in [5.41, 5.74) is 1.24. The SMILES string of the molecule is COOC1OC(=O)c2ccccc21. The van der Waals surface area contributed by atoms with Crippen LogP contribution in [0.25, 0.3) is 0 Å². The Bertz CT molecular complexity index is 334. The molecule has 1 aliphatic rings. The molecule has 0 aliphatic carbocycles. The molecule has 0 N–H and O–H groups in total. The van der Waals surface area contributed by atoms with E-state index in [0.717, 1.165) is 0 Å². The van der Waals surface area contributed by atoms with Crippen LogP contribution in [0.3, 0.4) is 0 Å². The van der Waals surface area contributed by atoms with Gasteiger partial charge in [-0.2, -0.15) is 4.89 Å². The predicted molar refractivity (Wildman–Crippen MR) is 42.7 cm³/mol. The summed E-state index contributed by atoms with van der Waals surface area (Å²) in [4.78, 5) is 20.4. The van der Waals surface area contributed by atoms with Crippen LogP contribution in [0.4, 0.5) is 0 Å². The minimum atomic E-state index is -0.728. The van der Waals surface area contributed by atoms with Crippen LogP contribution in [0.15, 0.2) is 24.3 Å². The Balaban J connectivity index is 2.36. The number of hydrogen-bond acceptors (Lipinski definition) is 4. The van der Waals surface area contributed by atoms with Crippen molar-refractivity contribution in [1.82, 2.24) is 0 Å². The fourth-order valence-corrected chi connectivity index (χ4v) is 1.27. The molecule has 1 unspecified atom stereocenters. The Kier molecular flexibility index (Phi) is 2.00. The van der Waals surface area contributed by atoms with Gasteiger partial charge < -0.3 is 4.74 Å². The first-order valence-corrected chi connectivity index (χ1v) is 3.82. The summed E-state index contributed by atoms with van der Waals surface area (Å²) in [5.74, 6) is -0.377. The number of benzene rings is 1. The van der Waals surface area contributed by atoms with E-state index in [0.29, 0.717) is 11.1 Å². The Morgan fingerprint density at radius 2 is 2.15 bits per heavy atom. The molecule has 0 spiro atoms. The normalized spacial score (nSPS) is 19.8. The fourth-order valence-electron chi connectivity index (χ4n) is 1.27. The first-order chi connectivity index (χ1) is 6.33. The Morgan fingerprint density at radius 3 is 2.92 bits per heavy atom. The molecule has 0 saturated carbocycles. The van der Waals surface area contributed by atoms with Gasteiger partial charge in [0.15, 0.2) is 0 Å². The maximum Gasteiger partial charge on any atom is 0.341 e. The minimum absolute atomic E-state index is 0.377. The van der Waals surface area contributed by atoms with E-state index in [1.54, 1.807) is 18.2 Å². The zero-order valence-electron chi connectivity index (χ0n) is 7.02. The molecule has 1 aliphatic heterocycles. The maximum atomic E-state index is 11.2. The van der Waals surface area contributed by atoms with E-state index < -0.39 is 6.29 Å². The number of fused-ring (bicyclic) bond motifs is 1. The van der Waals surface area contributed by atoms with Gasteiger partial charge in [0.2, 0.25) is 0 Å². The monoisotopic (exact) mass is 180 g/mol. The highest BCUT2D eigenvalue weighted by molar-refractivity contribution is 5.93. The van der Waals surface area contributed by atoms with Gasteiger partial charge >= 0.3 is 5.97 Å². The summed E-state index contributed by atoms with van der Waals surface area (Å²) in [7, 11) is 1.37. The summed E-state index contributed by atoms with van der Waals surface area (Å²) in [5, 5.41) is 0. The maximum absolute atomic E-state index is 11.2. The summed E-state index contributed by atoms with van der Waals surface area (Å²) in [6.45, 7) is 0. The second-order valence-electron chi connectivity index (χ2n) is 2.59. The van der Waals surface area contributed by atoms with Crippen LogP contribution in [-0.2, 0) is 14.5 Å². The van der Waals surface area contributed by atoms with Gasteiger partial charge in [-0.3, -0.25) is 0 Å². The highest BCUT2D eigenvalue weighted by Crippen LogP contribution is 2.30. The van der Waals surface area contributed by atoms with Gasteiger partial charge in [-0.25, -0.2) is 9.68 Å². The van der Waals surface area contributed by atoms with E-state index in [4.69, 9.17) is 9.62 Å². The van der Waals surface area contributed by atoms with Crippen molar-refractivity contribution < 1.29 is 19.3 Å². The highest BCUT2D eigenvalue weighted by Gasteiger charge is 2.31. The molecule has 68 valence electrons. The number of rotatable bonds is 2. The van der Waals surface area contributed by atoms with Crippen LogP contribution in [-0.4, -0.2) is 13.1 Å². The Labute approximate surface area is 75.0 Å². The largest absolute Gasteiger partial charge is 0.425 e. The van der Waals surface area contributed by atoms with Crippen LogP contribution < -0.4 is 0 Å². The van der Waals surface area contributed by atoms with Crippen molar-refractivity contribution in [2.45, 2.75) is 6.29 Å². The summed E-state index contributed by atoms with van der Waals surface area (Å²) >= 11 is 0. The Morgan fingerprint density at radius 1 is 1.38 bits per heavy atom. The third-order valence-electron chi connectivity index (χ3n) is 1.83. The second-order valence-corrected chi connectivity index (χ2v) is 2.59. The molecule has 0 amide bonds. The third-order valence-corrected chi connectivity index (χ3v) is 1.83. The Hall–Kier alpha value is -1.39. The van der Waals surface area contributed by atoms with Gasteiger partial charge in [0, 0.05) is 5.56 Å². The van der Waals surface area contributed by atoms with Crippen molar-refractivity contribution in [3.8, 4) is 0 Å². The molecule has 0 aromatic heterocycles. The molecule has 1 heterocycles. The molecule has 1 aromatic rings. The lowest BCUT2D eigenvalue weighted by atomic mass is 10.1. The zero-order valence-corrected chi connectivity index (χ0v) is 7.02. The molecule has 13 heavy (non-hydrogen) atoms. The predicted octanol–water partition coefficient (Wildman–Crippen LogP) is 1.43. The molecule has 4 nitrogen and oxygen atoms in total. The van der Waals surface area contributed by atoms with Gasteiger partial charge in [0.25, 0.3) is 6.29 Å². The van der Waals surface area contributed by atoms with Gasteiger partial charge in [0.05, 0.1) is 12.7 Å². The van der Waals surface area contributed by atoms with E-state index in [1.165, 1.54) is 7.11 Å². The molecule has 1 aromatic carbocycles. The quantitative estimate of drug-likeness (QED) is 0.392. The molecule has 4 heteroatoms. The number of carbonyl (C=O) groups excluding carboxylic acids is 1. The van der Waals surface area contributed by atoms with Crippen molar-refractivity contribution in [3.63, 3.8) is 0 Å². The fraction of sp³-hybridized carbons (Fsp3) is 0.222. The van der Waals surface area contributed by atoms with E-state index in [2.05, 4.69) is 4.89 Å².